The van der Waals surface area contributed by atoms with Crippen LogP contribution in [0.25, 0.3) is 0 Å². The number of halogens is 2. The highest BCUT2D eigenvalue weighted by Gasteiger charge is 2.21. The van der Waals surface area contributed by atoms with Crippen molar-refractivity contribution in [3.8, 4) is 0 Å². The summed E-state index contributed by atoms with van der Waals surface area (Å²) in [6, 6.07) is 2.20. The number of hydrogen-bond acceptors (Lipinski definition) is 5. The lowest BCUT2D eigenvalue weighted by Crippen LogP contribution is -2.16. The second-order valence-corrected chi connectivity index (χ2v) is 5.83. The van der Waals surface area contributed by atoms with Crippen LogP contribution in [0.4, 0.5) is 20.4 Å². The first kappa shape index (κ1) is 15.1. The van der Waals surface area contributed by atoms with Crippen LogP contribution >= 0.6 is 0 Å². The highest BCUT2D eigenvalue weighted by Crippen LogP contribution is 2.24. The van der Waals surface area contributed by atoms with Crippen molar-refractivity contribution in [3.05, 3.63) is 41.7 Å². The van der Waals surface area contributed by atoms with Gasteiger partial charge in [0.2, 0.25) is 5.95 Å². The lowest BCUT2D eigenvalue weighted by atomic mass is 10.2. The number of aryl methyl sites for hydroxylation is 1. The Balaban J connectivity index is 2.39. The molecule has 2 aromatic rings. The average molecular weight is 314 g/mol. The molecule has 0 bridgehead atoms. The molecule has 2 N–H and O–H groups in total. The van der Waals surface area contributed by atoms with Crippen molar-refractivity contribution in [3.63, 3.8) is 0 Å². The van der Waals surface area contributed by atoms with E-state index in [2.05, 4.69) is 15.3 Å². The maximum atomic E-state index is 13.8. The van der Waals surface area contributed by atoms with Crippen LogP contribution in [-0.2, 0) is 10.0 Å². The predicted octanol–water partition coefficient (Wildman–Crippen LogP) is 1.91. The number of hydrogen-bond donors (Lipinski definition) is 2. The Morgan fingerprint density at radius 2 is 1.76 bits per heavy atom. The summed E-state index contributed by atoms with van der Waals surface area (Å²) in [5.74, 6) is -1.75. The topological polar surface area (TPSA) is 84.0 Å². The van der Waals surface area contributed by atoms with Gasteiger partial charge in [0.1, 0.15) is 16.4 Å². The van der Waals surface area contributed by atoms with E-state index in [-0.39, 0.29) is 16.4 Å². The summed E-state index contributed by atoms with van der Waals surface area (Å²) in [5, 5.41) is 2.62. The van der Waals surface area contributed by atoms with Gasteiger partial charge in [-0.2, -0.15) is 0 Å². The van der Waals surface area contributed by atoms with Gasteiger partial charge in [-0.15, -0.1) is 0 Å². The van der Waals surface area contributed by atoms with Crippen LogP contribution in [0.1, 0.15) is 5.56 Å². The Kier molecular flexibility index (Phi) is 4.03. The van der Waals surface area contributed by atoms with Gasteiger partial charge in [-0.25, -0.2) is 27.2 Å². The fourth-order valence-corrected chi connectivity index (χ4v) is 2.48. The van der Waals surface area contributed by atoms with Gasteiger partial charge in [-0.1, -0.05) is 6.07 Å². The van der Waals surface area contributed by atoms with Gasteiger partial charge in [-0.05, 0) is 18.6 Å². The molecule has 0 aliphatic rings. The Hall–Kier alpha value is -2.29. The highest BCUT2D eigenvalue weighted by molar-refractivity contribution is 7.92. The smallest absolute Gasteiger partial charge is 0.265 e. The minimum Gasteiger partial charge on any atom is -0.357 e. The maximum Gasteiger partial charge on any atom is 0.265 e. The molecule has 0 radical (unpaired) electrons. The molecule has 1 heterocycles. The number of nitrogens with zero attached hydrogens (tertiary/aromatic N) is 2. The molecule has 1 aromatic heterocycles. The van der Waals surface area contributed by atoms with Crippen LogP contribution < -0.4 is 10.0 Å². The van der Waals surface area contributed by atoms with Gasteiger partial charge in [0.15, 0.2) is 5.82 Å². The van der Waals surface area contributed by atoms with Crippen molar-refractivity contribution in [1.29, 1.82) is 0 Å². The molecule has 0 unspecified atom stereocenters. The van der Waals surface area contributed by atoms with Gasteiger partial charge in [0.05, 0.1) is 12.4 Å². The van der Waals surface area contributed by atoms with Crippen LogP contribution in [0, 0.1) is 18.6 Å². The molecule has 21 heavy (non-hydrogen) atoms. The third kappa shape index (κ3) is 3.07. The van der Waals surface area contributed by atoms with E-state index in [9.17, 15) is 17.2 Å². The number of aromatic nitrogens is 2. The Morgan fingerprint density at radius 1 is 1.14 bits per heavy atom. The SMILES string of the molecule is CNc1ncc(S(=O)(=O)Nc2c(F)ccc(C)c2F)cn1. The normalized spacial score (nSPS) is 11.2. The third-order valence-electron chi connectivity index (χ3n) is 2.68. The molecule has 0 atom stereocenters. The summed E-state index contributed by atoms with van der Waals surface area (Å²) in [7, 11) is -2.61. The first-order valence-electron chi connectivity index (χ1n) is 5.82. The number of rotatable bonds is 4. The Labute approximate surface area is 120 Å². The lowest BCUT2D eigenvalue weighted by molar-refractivity contribution is 0.578. The molecule has 0 fully saturated rings. The first-order valence-corrected chi connectivity index (χ1v) is 7.30. The summed E-state index contributed by atoms with van der Waals surface area (Å²) in [6.45, 7) is 1.40. The molecule has 9 heteroatoms. The van der Waals surface area contributed by atoms with Crippen LogP contribution in [0.5, 0.6) is 0 Å². The Bertz CT molecular complexity index is 764. The summed E-state index contributed by atoms with van der Waals surface area (Å²) >= 11 is 0. The highest BCUT2D eigenvalue weighted by atomic mass is 32.2. The van der Waals surface area contributed by atoms with E-state index in [0.29, 0.717) is 0 Å². The Morgan fingerprint density at radius 3 is 2.33 bits per heavy atom. The van der Waals surface area contributed by atoms with Gasteiger partial charge in [0, 0.05) is 7.05 Å². The molecular weight excluding hydrogens is 302 g/mol. The molecule has 6 nitrogen and oxygen atoms in total. The van der Waals surface area contributed by atoms with Crippen molar-refractivity contribution >= 4 is 21.7 Å². The van der Waals surface area contributed by atoms with Crippen LogP contribution in [0.3, 0.4) is 0 Å². The first-order chi connectivity index (χ1) is 9.85. The van der Waals surface area contributed by atoms with E-state index in [1.165, 1.54) is 13.0 Å². The molecule has 0 spiro atoms. The summed E-state index contributed by atoms with van der Waals surface area (Å²) in [4.78, 5) is 7.17. The van der Waals surface area contributed by atoms with E-state index in [0.717, 1.165) is 18.5 Å². The molecule has 0 amide bonds. The van der Waals surface area contributed by atoms with Crippen LogP contribution in [-0.4, -0.2) is 25.4 Å². The van der Waals surface area contributed by atoms with Crippen molar-refractivity contribution < 1.29 is 17.2 Å². The van der Waals surface area contributed by atoms with Crippen LogP contribution in [0.15, 0.2) is 29.4 Å². The van der Waals surface area contributed by atoms with Crippen molar-refractivity contribution in [2.45, 2.75) is 11.8 Å². The van der Waals surface area contributed by atoms with E-state index >= 15 is 0 Å². The summed E-state index contributed by atoms with van der Waals surface area (Å²) in [6.07, 6.45) is 2.07. The van der Waals surface area contributed by atoms with Crippen molar-refractivity contribution in [2.24, 2.45) is 0 Å². The molecular formula is C12H12F2N4O2S. The lowest BCUT2D eigenvalue weighted by Gasteiger charge is -2.11. The number of sulfonamides is 1. The van der Waals surface area contributed by atoms with Gasteiger partial charge in [-0.3, -0.25) is 4.72 Å². The largest absolute Gasteiger partial charge is 0.357 e. The number of benzene rings is 1. The number of anilines is 2. The summed E-state index contributed by atoms with van der Waals surface area (Å²) < 4.78 is 53.4. The second-order valence-electron chi connectivity index (χ2n) is 4.15. The molecule has 0 saturated heterocycles. The predicted molar refractivity (Wildman–Crippen MR) is 73.5 cm³/mol. The van der Waals surface area contributed by atoms with Gasteiger partial charge < -0.3 is 5.32 Å². The fraction of sp³-hybridized carbons (Fsp3) is 0.167. The van der Waals surface area contributed by atoms with E-state index in [4.69, 9.17) is 0 Å². The zero-order valence-corrected chi connectivity index (χ0v) is 12.0. The number of nitrogens with one attached hydrogen (secondary N) is 2. The standard InChI is InChI=1S/C12H12F2N4O2S/c1-7-3-4-9(13)11(10(7)14)18-21(19,20)8-5-16-12(15-2)17-6-8/h3-6,18H,1-2H3,(H,15,16,17). The zero-order chi connectivity index (χ0) is 15.6. The van der Waals surface area contributed by atoms with Gasteiger partial charge >= 0.3 is 0 Å². The minimum atomic E-state index is -4.18. The van der Waals surface area contributed by atoms with Crippen molar-refractivity contribution in [2.75, 3.05) is 17.1 Å². The monoisotopic (exact) mass is 314 g/mol. The molecule has 112 valence electrons. The quantitative estimate of drug-likeness (QED) is 0.900. The minimum absolute atomic E-state index is 0.121. The van der Waals surface area contributed by atoms with E-state index in [1.54, 1.807) is 7.05 Å². The molecule has 1 aromatic carbocycles. The maximum absolute atomic E-state index is 13.8. The van der Waals surface area contributed by atoms with Gasteiger partial charge in [0.25, 0.3) is 10.0 Å². The van der Waals surface area contributed by atoms with Crippen molar-refractivity contribution in [1.82, 2.24) is 9.97 Å². The van der Waals surface area contributed by atoms with E-state index in [1.807, 2.05) is 4.72 Å². The second kappa shape index (κ2) is 5.60. The third-order valence-corrected chi connectivity index (χ3v) is 3.99. The molecule has 0 aliphatic heterocycles. The van der Waals surface area contributed by atoms with Crippen LogP contribution in [0.2, 0.25) is 0 Å². The fourth-order valence-electron chi connectivity index (χ4n) is 1.53. The molecule has 2 rings (SSSR count). The molecule has 0 aliphatic carbocycles. The zero-order valence-electron chi connectivity index (χ0n) is 11.2. The summed E-state index contributed by atoms with van der Waals surface area (Å²) in [5.41, 5.74) is -0.608. The average Bonchev–Trinajstić information content (AvgIpc) is 2.48. The van der Waals surface area contributed by atoms with E-state index < -0.39 is 27.3 Å². The molecule has 0 saturated carbocycles.